The van der Waals surface area contributed by atoms with E-state index in [1.807, 2.05) is 48.5 Å². The molecule has 0 heterocycles. The van der Waals surface area contributed by atoms with Crippen LogP contribution >= 0.6 is 11.8 Å². The minimum Gasteiger partial charge on any atom is -0.392 e. The second-order valence-corrected chi connectivity index (χ2v) is 4.95. The van der Waals surface area contributed by atoms with Crippen LogP contribution in [0.4, 0.5) is 0 Å². The molecule has 0 aliphatic rings. The lowest BCUT2D eigenvalue weighted by Crippen LogP contribution is -1.84. The first-order valence-electron chi connectivity index (χ1n) is 5.63. The molecule has 0 radical (unpaired) electrons. The Morgan fingerprint density at radius 3 is 2.50 bits per heavy atom. The quantitative estimate of drug-likeness (QED) is 0.852. The highest BCUT2D eigenvalue weighted by molar-refractivity contribution is 7.98. The molecule has 0 bridgehead atoms. The minimum atomic E-state index is 0.0785. The van der Waals surface area contributed by atoms with Gasteiger partial charge in [-0.15, -0.1) is 11.8 Å². The van der Waals surface area contributed by atoms with Gasteiger partial charge >= 0.3 is 0 Å². The zero-order valence-corrected chi connectivity index (χ0v) is 10.7. The number of rotatable bonds is 4. The number of aliphatic hydroxyl groups excluding tert-OH is 1. The summed E-state index contributed by atoms with van der Waals surface area (Å²) in [6, 6.07) is 17.7. The number of aliphatic hydroxyl groups is 1. The number of nitrogens with zero attached hydrogens (tertiary/aromatic N) is 1. The average Bonchev–Trinajstić information content (AvgIpc) is 2.46. The molecule has 0 saturated heterocycles. The van der Waals surface area contributed by atoms with Crippen molar-refractivity contribution in [3.05, 3.63) is 65.2 Å². The smallest absolute Gasteiger partial charge is 0.0991 e. The summed E-state index contributed by atoms with van der Waals surface area (Å²) in [4.78, 5) is 1.16. The Hall–Kier alpha value is -1.76. The van der Waals surface area contributed by atoms with Gasteiger partial charge in [-0.25, -0.2) is 0 Å². The Morgan fingerprint density at radius 2 is 1.83 bits per heavy atom. The van der Waals surface area contributed by atoms with E-state index in [1.54, 1.807) is 11.8 Å². The average molecular weight is 255 g/mol. The maximum atomic E-state index is 8.96. The van der Waals surface area contributed by atoms with Crippen LogP contribution in [0.3, 0.4) is 0 Å². The summed E-state index contributed by atoms with van der Waals surface area (Å²) < 4.78 is 0. The molecule has 0 aliphatic heterocycles. The van der Waals surface area contributed by atoms with Gasteiger partial charge in [0.05, 0.1) is 18.2 Å². The molecule has 18 heavy (non-hydrogen) atoms. The highest BCUT2D eigenvalue weighted by atomic mass is 32.2. The fraction of sp³-hybridized carbons (Fsp3) is 0.133. The molecule has 0 atom stereocenters. The topological polar surface area (TPSA) is 44.0 Å². The molecule has 2 aromatic rings. The Morgan fingerprint density at radius 1 is 1.06 bits per heavy atom. The molecular formula is C15H13NOS. The van der Waals surface area contributed by atoms with Gasteiger partial charge < -0.3 is 5.11 Å². The maximum Gasteiger partial charge on any atom is 0.0991 e. The number of hydrogen-bond donors (Lipinski definition) is 1. The Labute approximate surface area is 111 Å². The first-order chi connectivity index (χ1) is 8.81. The van der Waals surface area contributed by atoms with Crippen LogP contribution in [0, 0.1) is 11.3 Å². The predicted molar refractivity (Wildman–Crippen MR) is 73.1 cm³/mol. The number of hydrogen-bond acceptors (Lipinski definition) is 3. The molecule has 3 heteroatoms. The molecule has 90 valence electrons. The molecule has 2 nitrogen and oxygen atoms in total. The third-order valence-corrected chi connectivity index (χ3v) is 3.65. The Bertz CT molecular complexity index is 557. The van der Waals surface area contributed by atoms with Gasteiger partial charge in [0.1, 0.15) is 0 Å². The van der Waals surface area contributed by atoms with Crippen molar-refractivity contribution in [3.8, 4) is 6.07 Å². The lowest BCUT2D eigenvalue weighted by Gasteiger charge is -2.03. The van der Waals surface area contributed by atoms with Gasteiger partial charge in [-0.1, -0.05) is 24.3 Å². The van der Waals surface area contributed by atoms with Crippen molar-refractivity contribution >= 4 is 11.8 Å². The molecule has 2 aromatic carbocycles. The minimum absolute atomic E-state index is 0.0785. The van der Waals surface area contributed by atoms with Crippen LogP contribution in [-0.2, 0) is 12.4 Å². The van der Waals surface area contributed by atoms with Gasteiger partial charge in [0, 0.05) is 10.6 Å². The van der Waals surface area contributed by atoms with Crippen molar-refractivity contribution in [3.63, 3.8) is 0 Å². The van der Waals surface area contributed by atoms with Crippen molar-refractivity contribution in [2.45, 2.75) is 17.3 Å². The fourth-order valence-corrected chi connectivity index (χ4v) is 2.43. The zero-order valence-electron chi connectivity index (χ0n) is 9.84. The van der Waals surface area contributed by atoms with Crippen LogP contribution in [0.15, 0.2) is 53.4 Å². The molecule has 0 aliphatic carbocycles. The van der Waals surface area contributed by atoms with E-state index >= 15 is 0 Å². The summed E-state index contributed by atoms with van der Waals surface area (Å²) in [5.74, 6) is 0.841. The number of thioether (sulfide) groups is 1. The van der Waals surface area contributed by atoms with Gasteiger partial charge in [-0.2, -0.15) is 5.26 Å². The van der Waals surface area contributed by atoms with Crippen LogP contribution in [0.2, 0.25) is 0 Å². The largest absolute Gasteiger partial charge is 0.392 e. The molecule has 0 unspecified atom stereocenters. The molecule has 1 N–H and O–H groups in total. The van der Waals surface area contributed by atoms with Crippen LogP contribution < -0.4 is 0 Å². The van der Waals surface area contributed by atoms with E-state index in [1.165, 1.54) is 0 Å². The lowest BCUT2D eigenvalue weighted by atomic mass is 10.2. The summed E-state index contributed by atoms with van der Waals surface area (Å²) >= 11 is 1.72. The number of nitriles is 1. The second kappa shape index (κ2) is 6.25. The molecule has 0 fully saturated rings. The van der Waals surface area contributed by atoms with E-state index in [0.717, 1.165) is 21.8 Å². The monoisotopic (exact) mass is 255 g/mol. The zero-order chi connectivity index (χ0) is 12.8. The van der Waals surface area contributed by atoms with E-state index in [-0.39, 0.29) is 6.61 Å². The number of benzene rings is 2. The van der Waals surface area contributed by atoms with Crippen molar-refractivity contribution in [1.82, 2.24) is 0 Å². The summed E-state index contributed by atoms with van der Waals surface area (Å²) in [7, 11) is 0. The fourth-order valence-electron chi connectivity index (χ4n) is 1.59. The maximum absolute atomic E-state index is 8.96. The highest BCUT2D eigenvalue weighted by Gasteiger charge is 1.98. The van der Waals surface area contributed by atoms with Crippen molar-refractivity contribution < 1.29 is 5.11 Å². The van der Waals surface area contributed by atoms with Crippen LogP contribution in [-0.4, -0.2) is 5.11 Å². The summed E-state index contributed by atoms with van der Waals surface area (Å²) in [5, 5.41) is 17.8. The molecule has 0 aromatic heterocycles. The van der Waals surface area contributed by atoms with Crippen LogP contribution in [0.25, 0.3) is 0 Å². The standard InChI is InChI=1S/C15H13NOS/c16-9-13-2-1-3-14(8-13)11-18-15-6-4-12(10-17)5-7-15/h1-8,17H,10-11H2. The van der Waals surface area contributed by atoms with Gasteiger partial charge in [0.15, 0.2) is 0 Å². The summed E-state index contributed by atoms with van der Waals surface area (Å²) in [6.07, 6.45) is 0. The summed E-state index contributed by atoms with van der Waals surface area (Å²) in [6.45, 7) is 0.0785. The third-order valence-electron chi connectivity index (χ3n) is 2.57. The predicted octanol–water partition coefficient (Wildman–Crippen LogP) is 3.34. The lowest BCUT2D eigenvalue weighted by molar-refractivity contribution is 0.282. The van der Waals surface area contributed by atoms with Crippen LogP contribution in [0.1, 0.15) is 16.7 Å². The molecular weight excluding hydrogens is 242 g/mol. The molecule has 0 amide bonds. The second-order valence-electron chi connectivity index (χ2n) is 3.90. The van der Waals surface area contributed by atoms with E-state index < -0.39 is 0 Å². The molecule has 0 saturated carbocycles. The summed E-state index contributed by atoms with van der Waals surface area (Å²) in [5.41, 5.74) is 2.76. The van der Waals surface area contributed by atoms with Crippen molar-refractivity contribution in [2.24, 2.45) is 0 Å². The molecule has 0 spiro atoms. The van der Waals surface area contributed by atoms with Crippen molar-refractivity contribution in [1.29, 1.82) is 5.26 Å². The van der Waals surface area contributed by atoms with Gasteiger partial charge in [-0.3, -0.25) is 0 Å². The first-order valence-corrected chi connectivity index (χ1v) is 6.62. The first kappa shape index (κ1) is 12.7. The SMILES string of the molecule is N#Cc1cccc(CSc2ccc(CO)cc2)c1. The molecule has 2 rings (SSSR count). The van der Waals surface area contributed by atoms with E-state index in [0.29, 0.717) is 5.56 Å². The van der Waals surface area contributed by atoms with E-state index in [4.69, 9.17) is 10.4 Å². The van der Waals surface area contributed by atoms with Gasteiger partial charge in [0.2, 0.25) is 0 Å². The van der Waals surface area contributed by atoms with Crippen molar-refractivity contribution in [2.75, 3.05) is 0 Å². The normalized spacial score (nSPS) is 10.0. The van der Waals surface area contributed by atoms with Crippen LogP contribution in [0.5, 0.6) is 0 Å². The Balaban J connectivity index is 2.00. The highest BCUT2D eigenvalue weighted by Crippen LogP contribution is 2.23. The van der Waals surface area contributed by atoms with Gasteiger partial charge in [0.25, 0.3) is 0 Å². The van der Waals surface area contributed by atoms with Gasteiger partial charge in [-0.05, 0) is 35.4 Å². The Kier molecular flexibility index (Phi) is 4.40. The van der Waals surface area contributed by atoms with E-state index in [2.05, 4.69) is 6.07 Å². The van der Waals surface area contributed by atoms with E-state index in [9.17, 15) is 0 Å². The third kappa shape index (κ3) is 3.36.